The molecule has 4 nitrogen and oxygen atoms in total. The Morgan fingerprint density at radius 1 is 1.35 bits per heavy atom. The number of aromatic nitrogens is 2. The van der Waals surface area contributed by atoms with Gasteiger partial charge in [-0.25, -0.2) is 4.79 Å². The van der Waals surface area contributed by atoms with Crippen LogP contribution in [0.15, 0.2) is 46.6 Å². The highest BCUT2D eigenvalue weighted by Crippen LogP contribution is 2.30. The summed E-state index contributed by atoms with van der Waals surface area (Å²) in [5.41, 5.74) is 1.02. The van der Waals surface area contributed by atoms with Crippen LogP contribution in [0.25, 0.3) is 0 Å². The zero-order valence-corrected chi connectivity index (χ0v) is 9.94. The van der Waals surface area contributed by atoms with Crippen LogP contribution >= 0.6 is 11.8 Å². The average molecular weight is 246 g/mol. The number of rotatable bonds is 3. The van der Waals surface area contributed by atoms with E-state index in [0.717, 1.165) is 10.6 Å². The maximum atomic E-state index is 11.1. The van der Waals surface area contributed by atoms with Gasteiger partial charge in [0.15, 0.2) is 0 Å². The zero-order valence-electron chi connectivity index (χ0n) is 9.12. The summed E-state index contributed by atoms with van der Waals surface area (Å²) < 4.78 is 0. The molecule has 0 aliphatic heterocycles. The van der Waals surface area contributed by atoms with Gasteiger partial charge < -0.3 is 5.11 Å². The van der Waals surface area contributed by atoms with E-state index in [1.54, 1.807) is 18.5 Å². The number of carboxylic acids is 1. The van der Waals surface area contributed by atoms with Crippen molar-refractivity contribution >= 4 is 17.7 Å². The van der Waals surface area contributed by atoms with Crippen LogP contribution in [0.4, 0.5) is 0 Å². The maximum Gasteiger partial charge on any atom is 0.338 e. The van der Waals surface area contributed by atoms with Gasteiger partial charge in [0.25, 0.3) is 0 Å². The number of carbonyl (C=O) groups is 1. The van der Waals surface area contributed by atoms with Crippen molar-refractivity contribution in [1.82, 2.24) is 9.97 Å². The van der Waals surface area contributed by atoms with Crippen LogP contribution in [-0.4, -0.2) is 21.0 Å². The second-order valence-electron chi connectivity index (χ2n) is 3.41. The van der Waals surface area contributed by atoms with Crippen molar-refractivity contribution in [2.45, 2.75) is 16.7 Å². The average Bonchev–Trinajstić information content (AvgIpc) is 2.30. The third-order valence-electron chi connectivity index (χ3n) is 2.11. The second kappa shape index (κ2) is 4.97. The van der Waals surface area contributed by atoms with E-state index in [2.05, 4.69) is 9.97 Å². The maximum absolute atomic E-state index is 11.1. The summed E-state index contributed by atoms with van der Waals surface area (Å²) in [7, 11) is 0. The van der Waals surface area contributed by atoms with E-state index in [0.29, 0.717) is 4.90 Å². The first-order chi connectivity index (χ1) is 8.16. The van der Waals surface area contributed by atoms with Gasteiger partial charge in [-0.3, -0.25) is 9.97 Å². The van der Waals surface area contributed by atoms with Crippen LogP contribution in [0, 0.1) is 6.92 Å². The molecule has 0 bridgehead atoms. The van der Waals surface area contributed by atoms with Gasteiger partial charge in [-0.05, 0) is 25.1 Å². The third kappa shape index (κ3) is 2.82. The van der Waals surface area contributed by atoms with Gasteiger partial charge in [0.1, 0.15) is 0 Å². The van der Waals surface area contributed by atoms with E-state index in [1.165, 1.54) is 18.0 Å². The minimum atomic E-state index is -0.964. The minimum absolute atomic E-state index is 0.220. The van der Waals surface area contributed by atoms with E-state index < -0.39 is 5.97 Å². The molecular weight excluding hydrogens is 236 g/mol. The van der Waals surface area contributed by atoms with Gasteiger partial charge in [-0.15, -0.1) is 0 Å². The lowest BCUT2D eigenvalue weighted by Crippen LogP contribution is -2.00. The fourth-order valence-corrected chi connectivity index (χ4v) is 2.30. The summed E-state index contributed by atoms with van der Waals surface area (Å²) in [6.45, 7) is 1.84. The molecule has 2 heterocycles. The third-order valence-corrected chi connectivity index (χ3v) is 3.18. The van der Waals surface area contributed by atoms with Gasteiger partial charge >= 0.3 is 5.97 Å². The summed E-state index contributed by atoms with van der Waals surface area (Å²) in [4.78, 5) is 20.6. The molecule has 0 saturated heterocycles. The molecule has 5 heteroatoms. The number of pyridine rings is 2. The van der Waals surface area contributed by atoms with E-state index in [9.17, 15) is 4.79 Å². The van der Waals surface area contributed by atoms with Crippen LogP contribution in [0.1, 0.15) is 16.1 Å². The lowest BCUT2D eigenvalue weighted by molar-refractivity contribution is 0.0692. The second-order valence-corrected chi connectivity index (χ2v) is 4.53. The molecule has 0 radical (unpaired) electrons. The molecule has 2 aromatic rings. The summed E-state index contributed by atoms with van der Waals surface area (Å²) in [5, 5.41) is 9.07. The molecule has 1 N–H and O–H groups in total. The Balaban J connectivity index is 2.37. The quantitative estimate of drug-likeness (QED) is 0.902. The molecule has 0 unspecified atom stereocenters. The van der Waals surface area contributed by atoms with Gasteiger partial charge in [0, 0.05) is 34.1 Å². The summed E-state index contributed by atoms with van der Waals surface area (Å²) >= 11 is 1.40. The molecule has 2 rings (SSSR count). The summed E-state index contributed by atoms with van der Waals surface area (Å²) in [5.74, 6) is -0.964. The molecule has 0 aliphatic rings. The largest absolute Gasteiger partial charge is 0.478 e. The first-order valence-corrected chi connectivity index (χ1v) is 5.76. The van der Waals surface area contributed by atoms with Crippen LogP contribution in [0.2, 0.25) is 0 Å². The summed E-state index contributed by atoms with van der Waals surface area (Å²) in [6, 6.07) is 5.45. The highest BCUT2D eigenvalue weighted by Gasteiger charge is 2.11. The number of hydrogen-bond donors (Lipinski definition) is 1. The fraction of sp³-hybridized carbons (Fsp3) is 0.0833. The van der Waals surface area contributed by atoms with Crippen molar-refractivity contribution < 1.29 is 9.90 Å². The molecule has 86 valence electrons. The first-order valence-electron chi connectivity index (χ1n) is 4.94. The first kappa shape index (κ1) is 11.6. The molecule has 0 aromatic carbocycles. The van der Waals surface area contributed by atoms with E-state index in [4.69, 9.17) is 5.11 Å². The molecule has 0 amide bonds. The smallest absolute Gasteiger partial charge is 0.338 e. The Kier molecular flexibility index (Phi) is 3.39. The molecule has 0 fully saturated rings. The Bertz CT molecular complexity index is 543. The van der Waals surface area contributed by atoms with Gasteiger partial charge in [0.05, 0.1) is 5.56 Å². The normalized spacial score (nSPS) is 10.2. The highest BCUT2D eigenvalue weighted by atomic mass is 32.2. The Morgan fingerprint density at radius 2 is 2.06 bits per heavy atom. The summed E-state index contributed by atoms with van der Waals surface area (Å²) in [6.07, 6.45) is 4.74. The lowest BCUT2D eigenvalue weighted by Gasteiger charge is -2.06. The number of nitrogens with zero attached hydrogens (tertiary/aromatic N) is 2. The van der Waals surface area contributed by atoms with E-state index >= 15 is 0 Å². The van der Waals surface area contributed by atoms with E-state index in [-0.39, 0.29) is 5.56 Å². The zero-order chi connectivity index (χ0) is 12.3. The van der Waals surface area contributed by atoms with E-state index in [1.807, 2.05) is 19.1 Å². The van der Waals surface area contributed by atoms with Crippen molar-refractivity contribution in [2.24, 2.45) is 0 Å². The lowest BCUT2D eigenvalue weighted by atomic mass is 10.2. The van der Waals surface area contributed by atoms with Crippen LogP contribution < -0.4 is 0 Å². The SMILES string of the molecule is Cc1cc(Sc2ccncc2)c(C(=O)O)cn1. The number of hydrogen-bond acceptors (Lipinski definition) is 4. The molecule has 0 spiro atoms. The molecule has 17 heavy (non-hydrogen) atoms. The molecular formula is C12H10N2O2S. The number of aromatic carboxylic acids is 1. The monoisotopic (exact) mass is 246 g/mol. The molecule has 0 atom stereocenters. The van der Waals surface area contributed by atoms with Crippen molar-refractivity contribution in [1.29, 1.82) is 0 Å². The van der Waals surface area contributed by atoms with Gasteiger partial charge in [0.2, 0.25) is 0 Å². The Labute approximate surface area is 103 Å². The Hall–Kier alpha value is -1.88. The number of carboxylic acid groups (broad SMARTS) is 1. The van der Waals surface area contributed by atoms with Crippen LogP contribution in [0.5, 0.6) is 0 Å². The highest BCUT2D eigenvalue weighted by molar-refractivity contribution is 7.99. The molecule has 2 aromatic heterocycles. The molecule has 0 aliphatic carbocycles. The van der Waals surface area contributed by atoms with Crippen molar-refractivity contribution in [3.63, 3.8) is 0 Å². The topological polar surface area (TPSA) is 63.1 Å². The predicted molar refractivity (Wildman–Crippen MR) is 64.3 cm³/mol. The van der Waals surface area contributed by atoms with Crippen molar-refractivity contribution in [2.75, 3.05) is 0 Å². The number of aryl methyl sites for hydroxylation is 1. The fourth-order valence-electron chi connectivity index (χ4n) is 1.31. The van der Waals surface area contributed by atoms with Crippen LogP contribution in [0.3, 0.4) is 0 Å². The van der Waals surface area contributed by atoms with Crippen molar-refractivity contribution in [3.05, 3.63) is 48.0 Å². The standard InChI is InChI=1S/C12H10N2O2S/c1-8-6-11(10(7-14-8)12(15)16)17-9-2-4-13-5-3-9/h2-7H,1H3,(H,15,16). The minimum Gasteiger partial charge on any atom is -0.478 e. The van der Waals surface area contributed by atoms with Crippen LogP contribution in [-0.2, 0) is 0 Å². The predicted octanol–water partition coefficient (Wildman–Crippen LogP) is 2.63. The molecule has 0 saturated carbocycles. The van der Waals surface area contributed by atoms with Crippen molar-refractivity contribution in [3.8, 4) is 0 Å². The van der Waals surface area contributed by atoms with Gasteiger partial charge in [-0.1, -0.05) is 11.8 Å². The van der Waals surface area contributed by atoms with Gasteiger partial charge in [-0.2, -0.15) is 0 Å². The Morgan fingerprint density at radius 3 is 2.71 bits per heavy atom.